The summed E-state index contributed by atoms with van der Waals surface area (Å²) in [5, 5.41) is 3.03. The lowest BCUT2D eigenvalue weighted by molar-refractivity contribution is 0.0872. The van der Waals surface area contributed by atoms with Gasteiger partial charge in [0.05, 0.1) is 16.3 Å². The summed E-state index contributed by atoms with van der Waals surface area (Å²) in [6, 6.07) is 14.2. The molecule has 0 atom stereocenters. The van der Waals surface area contributed by atoms with Gasteiger partial charge in [0, 0.05) is 17.5 Å². The van der Waals surface area contributed by atoms with Gasteiger partial charge in [-0.25, -0.2) is 17.7 Å². The van der Waals surface area contributed by atoms with Gasteiger partial charge in [0.2, 0.25) is 0 Å². The van der Waals surface area contributed by atoms with Crippen molar-refractivity contribution >= 4 is 27.3 Å². The number of carbonyl (C=O) groups excluding carboxylic acids is 1. The molecule has 0 spiro atoms. The van der Waals surface area contributed by atoms with Crippen molar-refractivity contribution in [3.63, 3.8) is 0 Å². The minimum Gasteiger partial charge on any atom is -0.268 e. The SMILES string of the molecule is Cc1nc(-c2ccc(CCN3C(=O)c4ccccc4S3(=O)=O)cc2)cs1. The van der Waals surface area contributed by atoms with Crippen molar-refractivity contribution in [2.45, 2.75) is 18.2 Å². The summed E-state index contributed by atoms with van der Waals surface area (Å²) in [6.07, 6.45) is 0.468. The highest BCUT2D eigenvalue weighted by Gasteiger charge is 2.40. The smallest absolute Gasteiger partial charge is 0.268 e. The van der Waals surface area contributed by atoms with E-state index in [-0.39, 0.29) is 17.0 Å². The van der Waals surface area contributed by atoms with Gasteiger partial charge >= 0.3 is 0 Å². The fraction of sp³-hybridized carbons (Fsp3) is 0.158. The molecule has 0 bridgehead atoms. The quantitative estimate of drug-likeness (QED) is 0.690. The number of benzene rings is 2. The van der Waals surface area contributed by atoms with Gasteiger partial charge in [-0.1, -0.05) is 36.4 Å². The van der Waals surface area contributed by atoms with E-state index in [1.165, 1.54) is 6.07 Å². The molecule has 3 aromatic rings. The third-order valence-corrected chi connectivity index (χ3v) is 7.00. The topological polar surface area (TPSA) is 67.3 Å². The number of hydrogen-bond donors (Lipinski definition) is 0. The maximum absolute atomic E-state index is 12.6. The van der Waals surface area contributed by atoms with Gasteiger partial charge in [-0.3, -0.25) is 4.79 Å². The van der Waals surface area contributed by atoms with Crippen molar-refractivity contribution in [1.82, 2.24) is 9.29 Å². The summed E-state index contributed by atoms with van der Waals surface area (Å²) >= 11 is 1.60. The second kappa shape index (κ2) is 6.34. The molecule has 0 aliphatic carbocycles. The molecule has 1 amide bonds. The molecular weight excluding hydrogens is 368 g/mol. The van der Waals surface area contributed by atoms with Gasteiger partial charge in [-0.15, -0.1) is 11.3 Å². The van der Waals surface area contributed by atoms with Gasteiger partial charge in [0.15, 0.2) is 0 Å². The lowest BCUT2D eigenvalue weighted by Gasteiger charge is -2.15. The molecule has 0 N–H and O–H groups in total. The van der Waals surface area contributed by atoms with E-state index in [4.69, 9.17) is 0 Å². The Morgan fingerprint density at radius 1 is 1.08 bits per heavy atom. The Balaban J connectivity index is 1.50. The zero-order valence-corrected chi connectivity index (χ0v) is 15.7. The number of rotatable bonds is 4. The number of aromatic nitrogens is 1. The molecule has 2 aromatic carbocycles. The van der Waals surface area contributed by atoms with E-state index in [9.17, 15) is 13.2 Å². The average Bonchev–Trinajstić information content (AvgIpc) is 3.15. The van der Waals surface area contributed by atoms with Crippen LogP contribution in [0.4, 0.5) is 0 Å². The summed E-state index contributed by atoms with van der Waals surface area (Å²) < 4.78 is 26.1. The Labute approximate surface area is 156 Å². The normalized spacial score (nSPS) is 15.3. The monoisotopic (exact) mass is 384 g/mol. The molecule has 26 heavy (non-hydrogen) atoms. The summed E-state index contributed by atoms with van der Waals surface area (Å²) in [5.74, 6) is -0.449. The maximum Gasteiger partial charge on any atom is 0.269 e. The molecule has 0 radical (unpaired) electrons. The number of nitrogens with zero attached hydrogens (tertiary/aromatic N) is 2. The molecule has 7 heteroatoms. The van der Waals surface area contributed by atoms with Crippen LogP contribution in [0.1, 0.15) is 20.9 Å². The van der Waals surface area contributed by atoms with Crippen LogP contribution in [0.2, 0.25) is 0 Å². The first-order valence-corrected chi connectivity index (χ1v) is 10.5. The minimum atomic E-state index is -3.74. The molecule has 1 aromatic heterocycles. The van der Waals surface area contributed by atoms with E-state index in [1.807, 2.05) is 36.6 Å². The van der Waals surface area contributed by atoms with E-state index in [0.717, 1.165) is 26.1 Å². The number of carbonyl (C=O) groups is 1. The minimum absolute atomic E-state index is 0.0965. The molecule has 132 valence electrons. The van der Waals surface area contributed by atoms with Crippen molar-refractivity contribution in [3.05, 3.63) is 70.0 Å². The lowest BCUT2D eigenvalue weighted by Crippen LogP contribution is -2.32. The van der Waals surface area contributed by atoms with E-state index < -0.39 is 15.9 Å². The standard InChI is InChI=1S/C19H16N2O3S2/c1-13-20-17(12-25-13)15-8-6-14(7-9-15)10-11-21-19(22)16-4-2-3-5-18(16)26(21,23)24/h2-9,12H,10-11H2,1H3. The molecule has 5 nitrogen and oxygen atoms in total. The largest absolute Gasteiger partial charge is 0.269 e. The van der Waals surface area contributed by atoms with Crippen LogP contribution in [0.3, 0.4) is 0 Å². The molecule has 1 aliphatic heterocycles. The van der Waals surface area contributed by atoms with E-state index in [0.29, 0.717) is 6.42 Å². The molecule has 0 saturated carbocycles. The van der Waals surface area contributed by atoms with Crippen LogP contribution in [0.5, 0.6) is 0 Å². The van der Waals surface area contributed by atoms with Crippen molar-refractivity contribution in [2.75, 3.05) is 6.54 Å². The third-order valence-electron chi connectivity index (χ3n) is 4.38. The molecule has 0 fully saturated rings. The summed E-state index contributed by atoms with van der Waals surface area (Å²) in [4.78, 5) is 17.0. The highest BCUT2D eigenvalue weighted by atomic mass is 32.2. The van der Waals surface area contributed by atoms with Gasteiger partial charge in [-0.2, -0.15) is 0 Å². The zero-order chi connectivity index (χ0) is 18.3. The summed E-state index contributed by atoms with van der Waals surface area (Å²) in [5.41, 5.74) is 3.18. The highest BCUT2D eigenvalue weighted by Crippen LogP contribution is 2.30. The second-order valence-corrected chi connectivity index (χ2v) is 8.97. The summed E-state index contributed by atoms with van der Waals surface area (Å²) in [6.45, 7) is 2.10. The Hall–Kier alpha value is -2.51. The van der Waals surface area contributed by atoms with Crippen molar-refractivity contribution in [2.24, 2.45) is 0 Å². The van der Waals surface area contributed by atoms with Crippen LogP contribution < -0.4 is 0 Å². The fourth-order valence-electron chi connectivity index (χ4n) is 3.02. The number of hydrogen-bond acceptors (Lipinski definition) is 5. The van der Waals surface area contributed by atoms with Gasteiger partial charge < -0.3 is 0 Å². The van der Waals surface area contributed by atoms with Gasteiger partial charge in [0.25, 0.3) is 15.9 Å². The lowest BCUT2D eigenvalue weighted by atomic mass is 10.1. The van der Waals surface area contributed by atoms with Crippen molar-refractivity contribution in [1.29, 1.82) is 0 Å². The van der Waals surface area contributed by atoms with Crippen molar-refractivity contribution < 1.29 is 13.2 Å². The average molecular weight is 384 g/mol. The number of thiazole rings is 1. The number of aryl methyl sites for hydroxylation is 1. The number of fused-ring (bicyclic) bond motifs is 1. The molecule has 1 aliphatic rings. The second-order valence-electron chi connectivity index (χ2n) is 6.08. The van der Waals surface area contributed by atoms with Crippen LogP contribution in [-0.2, 0) is 16.4 Å². The molecular formula is C19H16N2O3S2. The van der Waals surface area contributed by atoms with E-state index in [1.54, 1.807) is 29.5 Å². The van der Waals surface area contributed by atoms with Crippen LogP contribution in [0, 0.1) is 6.92 Å². The Morgan fingerprint density at radius 3 is 2.46 bits per heavy atom. The van der Waals surface area contributed by atoms with Gasteiger partial charge in [0.1, 0.15) is 4.90 Å². The molecule has 4 rings (SSSR count). The molecule has 2 heterocycles. The van der Waals surface area contributed by atoms with Crippen molar-refractivity contribution in [3.8, 4) is 11.3 Å². The zero-order valence-electron chi connectivity index (χ0n) is 14.0. The number of amides is 1. The predicted octanol–water partition coefficient (Wildman–Crippen LogP) is 3.51. The highest BCUT2D eigenvalue weighted by molar-refractivity contribution is 7.90. The van der Waals surface area contributed by atoms with Crippen LogP contribution in [0.25, 0.3) is 11.3 Å². The Morgan fingerprint density at radius 2 is 1.81 bits per heavy atom. The first-order valence-electron chi connectivity index (χ1n) is 8.14. The maximum atomic E-state index is 12.6. The predicted molar refractivity (Wildman–Crippen MR) is 101 cm³/mol. The van der Waals surface area contributed by atoms with Crippen LogP contribution >= 0.6 is 11.3 Å². The third kappa shape index (κ3) is 2.83. The molecule has 0 saturated heterocycles. The summed E-state index contributed by atoms with van der Waals surface area (Å²) in [7, 11) is -3.74. The van der Waals surface area contributed by atoms with Crippen LogP contribution in [0.15, 0.2) is 58.8 Å². The first kappa shape index (κ1) is 16.9. The van der Waals surface area contributed by atoms with Gasteiger partial charge in [-0.05, 0) is 31.0 Å². The van der Waals surface area contributed by atoms with Crippen LogP contribution in [-0.4, -0.2) is 30.2 Å². The van der Waals surface area contributed by atoms with E-state index >= 15 is 0 Å². The van der Waals surface area contributed by atoms with E-state index in [2.05, 4.69) is 4.98 Å². The fourth-order valence-corrected chi connectivity index (χ4v) is 5.21. The number of sulfonamides is 1. The Bertz CT molecular complexity index is 1090. The first-order chi connectivity index (χ1) is 12.5. The molecule has 0 unspecified atom stereocenters. The Kier molecular flexibility index (Phi) is 4.13.